The number of aliphatic hydroxyl groups is 1. The summed E-state index contributed by atoms with van der Waals surface area (Å²) < 4.78 is 0. The first-order valence-corrected chi connectivity index (χ1v) is 7.62. The largest absolute Gasteiger partial charge is 0.384 e. The molecule has 0 aliphatic carbocycles. The summed E-state index contributed by atoms with van der Waals surface area (Å²) in [4.78, 5) is 6.55. The minimum absolute atomic E-state index is 0.619. The number of aliphatic hydroxyl groups excluding tert-OH is 1. The number of rotatable bonds is 6. The number of benzene rings is 1. The van der Waals surface area contributed by atoms with Crippen molar-refractivity contribution >= 4 is 11.8 Å². The average Bonchev–Trinajstić information content (AvgIpc) is 2.47. The van der Waals surface area contributed by atoms with Crippen LogP contribution in [0.3, 0.4) is 0 Å². The third-order valence-electron chi connectivity index (χ3n) is 2.99. The third-order valence-corrected chi connectivity index (χ3v) is 3.99. The van der Waals surface area contributed by atoms with Gasteiger partial charge in [-0.15, -0.1) is 11.8 Å². The van der Waals surface area contributed by atoms with Gasteiger partial charge in [0.15, 0.2) is 0 Å². The average molecular weight is 288 g/mol. The van der Waals surface area contributed by atoms with Gasteiger partial charge in [-0.25, -0.2) is 4.98 Å². The van der Waals surface area contributed by atoms with Crippen molar-refractivity contribution in [3.63, 3.8) is 0 Å². The molecule has 0 aliphatic heterocycles. The monoisotopic (exact) mass is 288 g/mol. The van der Waals surface area contributed by atoms with Crippen molar-refractivity contribution in [3.8, 4) is 0 Å². The fourth-order valence-electron chi connectivity index (χ4n) is 1.87. The Kier molecular flexibility index (Phi) is 5.59. The van der Waals surface area contributed by atoms with Crippen LogP contribution in [0.4, 0.5) is 0 Å². The second-order valence-electron chi connectivity index (χ2n) is 4.86. The van der Waals surface area contributed by atoms with Gasteiger partial charge in [-0.05, 0) is 25.7 Å². The molecule has 0 amide bonds. The molecule has 0 saturated heterocycles. The van der Waals surface area contributed by atoms with Gasteiger partial charge >= 0.3 is 0 Å². The fourth-order valence-corrected chi connectivity index (χ4v) is 3.00. The van der Waals surface area contributed by atoms with E-state index in [-0.39, 0.29) is 0 Å². The summed E-state index contributed by atoms with van der Waals surface area (Å²) in [7, 11) is 4.11. The van der Waals surface area contributed by atoms with Gasteiger partial charge in [0.05, 0.1) is 0 Å². The van der Waals surface area contributed by atoms with E-state index in [2.05, 4.69) is 24.0 Å². The molecule has 0 bridgehead atoms. The van der Waals surface area contributed by atoms with Crippen LogP contribution in [-0.2, 0) is 0 Å². The van der Waals surface area contributed by atoms with Crippen LogP contribution >= 0.6 is 11.8 Å². The molecule has 20 heavy (non-hydrogen) atoms. The zero-order chi connectivity index (χ0) is 14.4. The Morgan fingerprint density at radius 1 is 1.15 bits per heavy atom. The molecule has 1 aromatic carbocycles. The second-order valence-corrected chi connectivity index (χ2v) is 5.95. The molecule has 4 heteroatoms. The molecule has 1 aromatic heterocycles. The zero-order valence-electron chi connectivity index (χ0n) is 11.9. The molecular weight excluding hydrogens is 268 g/mol. The van der Waals surface area contributed by atoms with E-state index in [1.54, 1.807) is 18.0 Å². The van der Waals surface area contributed by atoms with E-state index in [0.717, 1.165) is 28.5 Å². The lowest BCUT2D eigenvalue weighted by Crippen LogP contribution is -2.15. The SMILES string of the molecule is CN(C)CCSc1ncccc1C(O)c1ccccc1. The van der Waals surface area contributed by atoms with Gasteiger partial charge in [0.2, 0.25) is 0 Å². The highest BCUT2D eigenvalue weighted by Crippen LogP contribution is 2.29. The lowest BCUT2D eigenvalue weighted by molar-refractivity contribution is 0.216. The lowest BCUT2D eigenvalue weighted by atomic mass is 10.0. The van der Waals surface area contributed by atoms with Crippen LogP contribution in [0.15, 0.2) is 53.7 Å². The van der Waals surface area contributed by atoms with Crippen LogP contribution < -0.4 is 0 Å². The quantitative estimate of drug-likeness (QED) is 0.829. The summed E-state index contributed by atoms with van der Waals surface area (Å²) in [6.07, 6.45) is 1.16. The molecule has 0 aliphatic rings. The summed E-state index contributed by atoms with van der Waals surface area (Å²) in [6.45, 7) is 0.988. The molecule has 0 spiro atoms. The van der Waals surface area contributed by atoms with Crippen molar-refractivity contribution in [1.82, 2.24) is 9.88 Å². The van der Waals surface area contributed by atoms with Crippen LogP contribution in [0.2, 0.25) is 0 Å². The normalized spacial score (nSPS) is 12.6. The van der Waals surface area contributed by atoms with E-state index in [0.29, 0.717) is 0 Å². The molecule has 1 heterocycles. The minimum Gasteiger partial charge on any atom is -0.384 e. The summed E-state index contributed by atoms with van der Waals surface area (Å²) in [5.74, 6) is 0.957. The lowest BCUT2D eigenvalue weighted by Gasteiger charge is -2.15. The van der Waals surface area contributed by atoms with Crippen molar-refractivity contribution in [2.75, 3.05) is 26.4 Å². The Balaban J connectivity index is 2.15. The fraction of sp³-hybridized carbons (Fsp3) is 0.312. The van der Waals surface area contributed by atoms with Crippen molar-refractivity contribution in [3.05, 3.63) is 59.8 Å². The number of hydrogen-bond acceptors (Lipinski definition) is 4. The Morgan fingerprint density at radius 2 is 1.90 bits per heavy atom. The number of aromatic nitrogens is 1. The Labute approximate surface area is 124 Å². The first kappa shape index (κ1) is 15.0. The van der Waals surface area contributed by atoms with Crippen molar-refractivity contribution in [1.29, 1.82) is 0 Å². The van der Waals surface area contributed by atoms with E-state index in [1.807, 2.05) is 42.5 Å². The number of pyridine rings is 1. The molecule has 2 rings (SSSR count). The predicted molar refractivity (Wildman–Crippen MR) is 84.0 cm³/mol. The standard InChI is InChI=1S/C16H20N2OS/c1-18(2)11-12-20-16-14(9-6-10-17-16)15(19)13-7-4-3-5-8-13/h3-10,15,19H,11-12H2,1-2H3. The van der Waals surface area contributed by atoms with Gasteiger partial charge in [0.25, 0.3) is 0 Å². The molecule has 106 valence electrons. The van der Waals surface area contributed by atoms with Crippen LogP contribution in [-0.4, -0.2) is 41.4 Å². The van der Waals surface area contributed by atoms with E-state index in [1.165, 1.54) is 0 Å². The maximum atomic E-state index is 10.5. The predicted octanol–water partition coefficient (Wildman–Crippen LogP) is 2.82. The van der Waals surface area contributed by atoms with E-state index < -0.39 is 6.10 Å². The first-order chi connectivity index (χ1) is 9.68. The number of hydrogen-bond donors (Lipinski definition) is 1. The highest BCUT2D eigenvalue weighted by molar-refractivity contribution is 7.99. The van der Waals surface area contributed by atoms with Crippen LogP contribution in [0.25, 0.3) is 0 Å². The third kappa shape index (κ3) is 4.07. The highest BCUT2D eigenvalue weighted by atomic mass is 32.2. The summed E-state index contributed by atoms with van der Waals surface area (Å²) >= 11 is 1.69. The number of thioether (sulfide) groups is 1. The van der Waals surface area contributed by atoms with Gasteiger partial charge in [-0.3, -0.25) is 0 Å². The van der Waals surface area contributed by atoms with Crippen LogP contribution in [0, 0.1) is 0 Å². The van der Waals surface area contributed by atoms with Crippen molar-refractivity contribution < 1.29 is 5.11 Å². The minimum atomic E-state index is -0.619. The molecule has 1 unspecified atom stereocenters. The van der Waals surface area contributed by atoms with Gasteiger partial charge < -0.3 is 10.0 Å². The Bertz CT molecular complexity index is 531. The zero-order valence-corrected chi connectivity index (χ0v) is 12.7. The summed E-state index contributed by atoms with van der Waals surface area (Å²) in [5.41, 5.74) is 1.78. The Morgan fingerprint density at radius 3 is 2.60 bits per heavy atom. The molecule has 0 fully saturated rings. The van der Waals surface area contributed by atoms with Crippen molar-refractivity contribution in [2.24, 2.45) is 0 Å². The highest BCUT2D eigenvalue weighted by Gasteiger charge is 2.15. The van der Waals surface area contributed by atoms with Gasteiger partial charge in [-0.2, -0.15) is 0 Å². The van der Waals surface area contributed by atoms with E-state index in [4.69, 9.17) is 0 Å². The first-order valence-electron chi connectivity index (χ1n) is 6.64. The second kappa shape index (κ2) is 7.43. The van der Waals surface area contributed by atoms with Gasteiger partial charge in [-0.1, -0.05) is 36.4 Å². The van der Waals surface area contributed by atoms with E-state index >= 15 is 0 Å². The molecule has 0 radical (unpaired) electrons. The van der Waals surface area contributed by atoms with Crippen LogP contribution in [0.1, 0.15) is 17.2 Å². The maximum Gasteiger partial charge on any atom is 0.107 e. The summed E-state index contributed by atoms with van der Waals surface area (Å²) in [5, 5.41) is 11.4. The van der Waals surface area contributed by atoms with Crippen LogP contribution in [0.5, 0.6) is 0 Å². The Hall–Kier alpha value is -1.36. The topological polar surface area (TPSA) is 36.4 Å². The maximum absolute atomic E-state index is 10.5. The molecular formula is C16H20N2OS. The molecule has 1 atom stereocenters. The van der Waals surface area contributed by atoms with E-state index in [9.17, 15) is 5.11 Å². The smallest absolute Gasteiger partial charge is 0.107 e. The van der Waals surface area contributed by atoms with Crippen molar-refractivity contribution in [2.45, 2.75) is 11.1 Å². The molecule has 1 N–H and O–H groups in total. The molecule has 3 nitrogen and oxygen atoms in total. The molecule has 0 saturated carbocycles. The van der Waals surface area contributed by atoms with Gasteiger partial charge in [0, 0.05) is 24.1 Å². The van der Waals surface area contributed by atoms with Gasteiger partial charge in [0.1, 0.15) is 11.1 Å². The summed E-state index contributed by atoms with van der Waals surface area (Å²) in [6, 6.07) is 13.5. The number of nitrogens with zero attached hydrogens (tertiary/aromatic N) is 2. The molecule has 2 aromatic rings.